The molecule has 9 heteroatoms. The van der Waals surface area contributed by atoms with Gasteiger partial charge in [0.2, 0.25) is 11.8 Å². The highest BCUT2D eigenvalue weighted by Gasteiger charge is 2.49. The monoisotopic (exact) mass is 491 g/mol. The van der Waals surface area contributed by atoms with E-state index in [2.05, 4.69) is 45.8 Å². The molecule has 1 saturated carbocycles. The summed E-state index contributed by atoms with van der Waals surface area (Å²) in [7, 11) is 0. The lowest BCUT2D eigenvalue weighted by molar-refractivity contribution is -0.150. The van der Waals surface area contributed by atoms with Crippen molar-refractivity contribution in [3.05, 3.63) is 34.0 Å². The van der Waals surface area contributed by atoms with E-state index >= 15 is 0 Å². The molecule has 4 atom stereocenters. The number of aromatic nitrogens is 3. The minimum atomic E-state index is -2.68. The Kier molecular flexibility index (Phi) is 6.52. The molecule has 4 heterocycles. The van der Waals surface area contributed by atoms with Crippen molar-refractivity contribution in [2.24, 2.45) is 5.92 Å². The van der Waals surface area contributed by atoms with Crippen molar-refractivity contribution in [1.82, 2.24) is 25.0 Å². The van der Waals surface area contributed by atoms with Gasteiger partial charge in [0.25, 0.3) is 0 Å². The number of hydrogen-bond acceptors (Lipinski definition) is 5. The Bertz CT molecular complexity index is 985. The summed E-state index contributed by atoms with van der Waals surface area (Å²) in [5, 5.41) is 13.9. The van der Waals surface area contributed by atoms with Crippen molar-refractivity contribution in [3.8, 4) is 0 Å². The average Bonchev–Trinajstić information content (AvgIpc) is 3.48. The van der Waals surface area contributed by atoms with Crippen LogP contribution in [0.4, 0.5) is 8.78 Å². The van der Waals surface area contributed by atoms with E-state index in [1.165, 1.54) is 12.8 Å². The molecule has 2 saturated heterocycles. The number of carbonyl (C=O) groups is 1. The quantitative estimate of drug-likeness (QED) is 0.549. The zero-order valence-corrected chi connectivity index (χ0v) is 21.0. The minimum absolute atomic E-state index is 0.119. The van der Waals surface area contributed by atoms with Crippen molar-refractivity contribution in [2.75, 3.05) is 6.54 Å². The number of alkyl halides is 2. The second-order valence-corrected chi connectivity index (χ2v) is 11.7. The van der Waals surface area contributed by atoms with Gasteiger partial charge in [-0.25, -0.2) is 8.78 Å². The van der Waals surface area contributed by atoms with Crippen LogP contribution in [0, 0.1) is 12.8 Å². The molecule has 2 bridgehead atoms. The van der Waals surface area contributed by atoms with Gasteiger partial charge in [-0.2, -0.15) is 0 Å². The average molecular weight is 492 g/mol. The van der Waals surface area contributed by atoms with Crippen LogP contribution < -0.4 is 5.32 Å². The summed E-state index contributed by atoms with van der Waals surface area (Å²) in [6, 6.07) is 5.39. The number of carbonyl (C=O) groups excluding carboxylic acids is 1. The summed E-state index contributed by atoms with van der Waals surface area (Å²) >= 11 is 1.62. The molecule has 1 amide bonds. The first-order valence-corrected chi connectivity index (χ1v) is 13.5. The van der Waals surface area contributed by atoms with E-state index in [-0.39, 0.29) is 24.8 Å². The zero-order valence-electron chi connectivity index (χ0n) is 20.2. The Labute approximate surface area is 204 Å². The third-order valence-electron chi connectivity index (χ3n) is 7.97. The van der Waals surface area contributed by atoms with Gasteiger partial charge in [-0.15, -0.1) is 21.5 Å². The van der Waals surface area contributed by atoms with E-state index in [0.717, 1.165) is 42.3 Å². The Morgan fingerprint density at radius 1 is 1.21 bits per heavy atom. The Morgan fingerprint density at radius 2 is 1.91 bits per heavy atom. The lowest BCUT2D eigenvalue weighted by atomic mass is 9.80. The molecular formula is C25H35F2N5OS. The molecule has 1 aliphatic carbocycles. The van der Waals surface area contributed by atoms with Crippen molar-refractivity contribution in [3.63, 3.8) is 0 Å². The Hall–Kier alpha value is -1.87. The maximum Gasteiger partial charge on any atom is 0.249 e. The molecular weight excluding hydrogens is 456 g/mol. The molecule has 3 fully saturated rings. The van der Waals surface area contributed by atoms with Gasteiger partial charge in [-0.3, -0.25) is 9.69 Å². The first kappa shape index (κ1) is 23.9. The maximum atomic E-state index is 13.3. The lowest BCUT2D eigenvalue weighted by Crippen LogP contribution is -2.47. The highest BCUT2D eigenvalue weighted by Crippen LogP contribution is 2.44. The molecule has 1 unspecified atom stereocenters. The molecule has 2 aromatic rings. The Morgan fingerprint density at radius 3 is 2.50 bits per heavy atom. The molecule has 3 aliphatic rings. The fourth-order valence-electron chi connectivity index (χ4n) is 6.24. The van der Waals surface area contributed by atoms with Crippen LogP contribution >= 0.6 is 11.3 Å². The Balaban J connectivity index is 1.23. The van der Waals surface area contributed by atoms with Crippen LogP contribution in [0.15, 0.2) is 17.5 Å². The van der Waals surface area contributed by atoms with Gasteiger partial charge in [0.05, 0.1) is 6.04 Å². The number of nitrogens with zero attached hydrogens (tertiary/aromatic N) is 4. The van der Waals surface area contributed by atoms with Crippen molar-refractivity contribution in [1.29, 1.82) is 0 Å². The second-order valence-electron chi connectivity index (χ2n) is 10.7. The highest BCUT2D eigenvalue weighted by atomic mass is 32.1. The van der Waals surface area contributed by atoms with E-state index < -0.39 is 11.8 Å². The molecule has 0 radical (unpaired) electrons. The van der Waals surface area contributed by atoms with E-state index in [1.807, 2.05) is 17.5 Å². The molecule has 186 valence electrons. The second kappa shape index (κ2) is 9.30. The molecule has 1 N–H and O–H groups in total. The van der Waals surface area contributed by atoms with Gasteiger partial charge in [0, 0.05) is 54.2 Å². The maximum absolute atomic E-state index is 13.3. The molecule has 6 nitrogen and oxygen atoms in total. The number of piperidine rings is 1. The molecule has 0 aromatic carbocycles. The van der Waals surface area contributed by atoms with Crippen molar-refractivity contribution in [2.45, 2.75) is 102 Å². The summed E-state index contributed by atoms with van der Waals surface area (Å²) in [6.45, 7) is 7.31. The number of aryl methyl sites for hydroxylation is 1. The van der Waals surface area contributed by atoms with Crippen LogP contribution in [0.1, 0.15) is 93.3 Å². The van der Waals surface area contributed by atoms with Gasteiger partial charge >= 0.3 is 0 Å². The third-order valence-corrected chi connectivity index (χ3v) is 8.96. The van der Waals surface area contributed by atoms with Gasteiger partial charge in [-0.05, 0) is 50.5 Å². The van der Waals surface area contributed by atoms with Crippen LogP contribution in [0.5, 0.6) is 0 Å². The number of halogens is 2. The van der Waals surface area contributed by atoms with E-state index in [4.69, 9.17) is 0 Å². The van der Waals surface area contributed by atoms with E-state index in [0.29, 0.717) is 24.0 Å². The van der Waals surface area contributed by atoms with Crippen LogP contribution in [0.2, 0.25) is 0 Å². The number of nitrogens with one attached hydrogen (secondary N) is 1. The summed E-state index contributed by atoms with van der Waals surface area (Å²) in [5.74, 6) is -1.03. The molecule has 5 rings (SSSR count). The van der Waals surface area contributed by atoms with Crippen LogP contribution in [0.3, 0.4) is 0 Å². The number of thiophene rings is 1. The minimum Gasteiger partial charge on any atom is -0.348 e. The number of amides is 1. The van der Waals surface area contributed by atoms with E-state index in [1.54, 1.807) is 11.3 Å². The number of rotatable bonds is 8. The zero-order chi connectivity index (χ0) is 24.0. The largest absolute Gasteiger partial charge is 0.348 e. The van der Waals surface area contributed by atoms with Gasteiger partial charge in [0.15, 0.2) is 0 Å². The molecule has 0 spiro atoms. The smallest absolute Gasteiger partial charge is 0.249 e. The summed E-state index contributed by atoms with van der Waals surface area (Å²) in [6.07, 6.45) is 4.75. The van der Waals surface area contributed by atoms with Crippen molar-refractivity contribution >= 4 is 17.2 Å². The standard InChI is InChI=1S/C25H35F2N5OS/c1-15(2)23-30-29-16(3)32(23)20-11-18-6-7-19(12-20)31(18)9-8-21(22-5-4-10-34-22)28-24(33)17-13-25(26,27)14-17/h4-5,10,15,17-21H,6-9,11-14H2,1-3H3,(H,28,33)/t18-,19+,20?,21-/m0/s1. The number of fused-ring (bicyclic) bond motifs is 2. The number of hydrogen-bond donors (Lipinski definition) is 1. The lowest BCUT2D eigenvalue weighted by Gasteiger charge is -2.41. The van der Waals surface area contributed by atoms with Gasteiger partial charge in [0.1, 0.15) is 11.6 Å². The normalized spacial score (nSPS) is 27.6. The summed E-state index contributed by atoms with van der Waals surface area (Å²) in [4.78, 5) is 16.4. The van der Waals surface area contributed by atoms with Crippen molar-refractivity contribution < 1.29 is 13.6 Å². The third kappa shape index (κ3) is 4.65. The van der Waals surface area contributed by atoms with Gasteiger partial charge < -0.3 is 9.88 Å². The topological polar surface area (TPSA) is 63.1 Å². The van der Waals surface area contributed by atoms with Gasteiger partial charge in [-0.1, -0.05) is 19.9 Å². The predicted molar refractivity (Wildman–Crippen MR) is 128 cm³/mol. The molecule has 2 aromatic heterocycles. The van der Waals surface area contributed by atoms with Crippen LogP contribution in [-0.2, 0) is 4.79 Å². The fourth-order valence-corrected chi connectivity index (χ4v) is 7.05. The van der Waals surface area contributed by atoms with E-state index in [9.17, 15) is 13.6 Å². The van der Waals surface area contributed by atoms with Crippen LogP contribution in [0.25, 0.3) is 0 Å². The SMILES string of the molecule is Cc1nnc(C(C)C)n1C1C[C@H]2CC[C@@H](C1)N2CC[C@H](NC(=O)C1CC(F)(F)C1)c1cccs1. The summed E-state index contributed by atoms with van der Waals surface area (Å²) < 4.78 is 28.9. The molecule has 34 heavy (non-hydrogen) atoms. The molecule has 2 aliphatic heterocycles. The first-order valence-electron chi connectivity index (χ1n) is 12.6. The predicted octanol–water partition coefficient (Wildman–Crippen LogP) is 5.23. The summed E-state index contributed by atoms with van der Waals surface area (Å²) in [5.41, 5.74) is 0. The fraction of sp³-hybridized carbons (Fsp3) is 0.720. The van der Waals surface area contributed by atoms with Crippen LogP contribution in [-0.4, -0.2) is 50.1 Å². The highest BCUT2D eigenvalue weighted by molar-refractivity contribution is 7.10. The first-order chi connectivity index (χ1) is 16.2.